The van der Waals surface area contributed by atoms with Gasteiger partial charge in [-0.25, -0.2) is 9.37 Å². The minimum absolute atomic E-state index is 0.219. The molecule has 2 rings (SSSR count). The van der Waals surface area contributed by atoms with Gasteiger partial charge in [-0.2, -0.15) is 5.26 Å². The SMILES string of the molecule is CCc1c(C)nc(N)c(C#N)c1-c1ccc(F)cc1. The Bertz CT molecular complexity index is 655. The molecule has 1 heterocycles. The zero-order valence-corrected chi connectivity index (χ0v) is 10.9. The molecule has 0 aliphatic rings. The number of rotatable bonds is 2. The Morgan fingerprint density at radius 2 is 1.95 bits per heavy atom. The number of aromatic nitrogens is 1. The van der Waals surface area contributed by atoms with Crippen molar-refractivity contribution in [1.29, 1.82) is 5.26 Å². The van der Waals surface area contributed by atoms with Gasteiger partial charge in [-0.3, -0.25) is 0 Å². The fourth-order valence-corrected chi connectivity index (χ4v) is 2.24. The minimum atomic E-state index is -0.306. The summed E-state index contributed by atoms with van der Waals surface area (Å²) in [7, 11) is 0. The van der Waals surface area contributed by atoms with Crippen molar-refractivity contribution in [2.24, 2.45) is 0 Å². The standard InChI is InChI=1S/C15H14FN3/c1-3-12-9(2)19-15(18)13(8-17)14(12)10-4-6-11(16)7-5-10/h4-7H,3H2,1-2H3,(H2,18,19). The van der Waals surface area contributed by atoms with Crippen LogP contribution in [0.3, 0.4) is 0 Å². The molecule has 4 heteroatoms. The molecule has 0 aliphatic carbocycles. The van der Waals surface area contributed by atoms with Gasteiger partial charge in [0.1, 0.15) is 23.3 Å². The highest BCUT2D eigenvalue weighted by Gasteiger charge is 2.16. The van der Waals surface area contributed by atoms with Gasteiger partial charge in [0.15, 0.2) is 0 Å². The molecule has 0 bridgehead atoms. The summed E-state index contributed by atoms with van der Waals surface area (Å²) >= 11 is 0. The summed E-state index contributed by atoms with van der Waals surface area (Å²) in [5.74, 6) is -0.0874. The number of nitrogens with zero attached hydrogens (tertiary/aromatic N) is 2. The van der Waals surface area contributed by atoms with Crippen molar-refractivity contribution in [1.82, 2.24) is 4.98 Å². The lowest BCUT2D eigenvalue weighted by Crippen LogP contribution is -2.04. The maximum absolute atomic E-state index is 13.0. The summed E-state index contributed by atoms with van der Waals surface area (Å²) in [4.78, 5) is 4.20. The maximum atomic E-state index is 13.0. The van der Waals surface area contributed by atoms with Gasteiger partial charge < -0.3 is 5.73 Å². The number of hydrogen-bond acceptors (Lipinski definition) is 3. The largest absolute Gasteiger partial charge is 0.383 e. The molecule has 2 aromatic rings. The minimum Gasteiger partial charge on any atom is -0.383 e. The molecule has 0 spiro atoms. The molecule has 0 saturated heterocycles. The summed E-state index contributed by atoms with van der Waals surface area (Å²) in [6, 6.07) is 8.16. The summed E-state index contributed by atoms with van der Waals surface area (Å²) < 4.78 is 13.0. The third-order valence-electron chi connectivity index (χ3n) is 3.13. The molecule has 19 heavy (non-hydrogen) atoms. The number of anilines is 1. The van der Waals surface area contributed by atoms with E-state index in [1.54, 1.807) is 12.1 Å². The van der Waals surface area contributed by atoms with Crippen LogP contribution in [0.15, 0.2) is 24.3 Å². The zero-order chi connectivity index (χ0) is 14.0. The Morgan fingerprint density at radius 1 is 1.32 bits per heavy atom. The van der Waals surface area contributed by atoms with E-state index in [1.165, 1.54) is 12.1 Å². The Balaban J connectivity index is 2.80. The van der Waals surface area contributed by atoms with Crippen molar-refractivity contribution < 1.29 is 4.39 Å². The predicted molar refractivity (Wildman–Crippen MR) is 72.9 cm³/mol. The lowest BCUT2D eigenvalue weighted by atomic mass is 9.93. The van der Waals surface area contributed by atoms with Gasteiger partial charge in [0.25, 0.3) is 0 Å². The monoisotopic (exact) mass is 255 g/mol. The first kappa shape index (κ1) is 13.0. The van der Waals surface area contributed by atoms with Crippen molar-refractivity contribution in [3.05, 3.63) is 46.9 Å². The van der Waals surface area contributed by atoms with E-state index in [1.807, 2.05) is 13.8 Å². The van der Waals surface area contributed by atoms with E-state index in [-0.39, 0.29) is 11.6 Å². The summed E-state index contributed by atoms with van der Waals surface area (Å²) in [6.07, 6.45) is 0.737. The van der Waals surface area contributed by atoms with Crippen LogP contribution in [-0.2, 0) is 6.42 Å². The quantitative estimate of drug-likeness (QED) is 0.896. The Morgan fingerprint density at radius 3 is 2.47 bits per heavy atom. The van der Waals surface area contributed by atoms with Crippen molar-refractivity contribution >= 4 is 5.82 Å². The maximum Gasteiger partial charge on any atom is 0.142 e. The van der Waals surface area contributed by atoms with E-state index in [0.29, 0.717) is 5.56 Å². The third-order valence-corrected chi connectivity index (χ3v) is 3.13. The first-order valence-electron chi connectivity index (χ1n) is 6.03. The number of pyridine rings is 1. The molecular formula is C15H14FN3. The number of aryl methyl sites for hydroxylation is 1. The highest BCUT2D eigenvalue weighted by molar-refractivity contribution is 5.79. The first-order valence-corrected chi connectivity index (χ1v) is 6.03. The second-order valence-corrected chi connectivity index (χ2v) is 4.28. The second-order valence-electron chi connectivity index (χ2n) is 4.28. The molecule has 0 radical (unpaired) electrons. The molecule has 0 saturated carbocycles. The van der Waals surface area contributed by atoms with Crippen LogP contribution in [-0.4, -0.2) is 4.98 Å². The van der Waals surface area contributed by atoms with E-state index < -0.39 is 0 Å². The topological polar surface area (TPSA) is 62.7 Å². The van der Waals surface area contributed by atoms with Crippen LogP contribution in [0.25, 0.3) is 11.1 Å². The van der Waals surface area contributed by atoms with Gasteiger partial charge in [0.2, 0.25) is 0 Å². The van der Waals surface area contributed by atoms with Gasteiger partial charge in [-0.05, 0) is 36.6 Å². The summed E-state index contributed by atoms with van der Waals surface area (Å²) in [6.45, 7) is 3.86. The van der Waals surface area contributed by atoms with E-state index in [2.05, 4.69) is 11.1 Å². The van der Waals surface area contributed by atoms with Crippen LogP contribution in [0.1, 0.15) is 23.7 Å². The van der Waals surface area contributed by atoms with Crippen molar-refractivity contribution in [2.75, 3.05) is 5.73 Å². The Labute approximate surface area is 111 Å². The van der Waals surface area contributed by atoms with Gasteiger partial charge in [-0.1, -0.05) is 19.1 Å². The zero-order valence-electron chi connectivity index (χ0n) is 10.9. The van der Waals surface area contributed by atoms with Gasteiger partial charge in [-0.15, -0.1) is 0 Å². The van der Waals surface area contributed by atoms with Crippen molar-refractivity contribution in [2.45, 2.75) is 20.3 Å². The second kappa shape index (κ2) is 5.07. The highest BCUT2D eigenvalue weighted by atomic mass is 19.1. The Hall–Kier alpha value is -2.41. The summed E-state index contributed by atoms with van der Waals surface area (Å²) in [5.41, 5.74) is 9.49. The number of nitrogen functional groups attached to an aromatic ring is 1. The van der Waals surface area contributed by atoms with E-state index in [0.717, 1.165) is 28.8 Å². The first-order chi connectivity index (χ1) is 9.08. The van der Waals surface area contributed by atoms with Crippen LogP contribution in [0.4, 0.5) is 10.2 Å². The fraction of sp³-hybridized carbons (Fsp3) is 0.200. The van der Waals surface area contributed by atoms with Crippen LogP contribution in [0.5, 0.6) is 0 Å². The molecule has 0 fully saturated rings. The lowest BCUT2D eigenvalue weighted by Gasteiger charge is -2.14. The molecule has 2 N–H and O–H groups in total. The molecular weight excluding hydrogens is 241 g/mol. The number of nitrogens with two attached hydrogens (primary N) is 1. The normalized spacial score (nSPS) is 10.2. The number of hydrogen-bond donors (Lipinski definition) is 1. The molecule has 0 amide bonds. The average molecular weight is 255 g/mol. The van der Waals surface area contributed by atoms with Gasteiger partial charge in [0.05, 0.1) is 0 Å². The number of benzene rings is 1. The van der Waals surface area contributed by atoms with Gasteiger partial charge in [0, 0.05) is 11.3 Å². The summed E-state index contributed by atoms with van der Waals surface area (Å²) in [5, 5.41) is 9.28. The molecule has 1 aromatic heterocycles. The van der Waals surface area contributed by atoms with Crippen LogP contribution < -0.4 is 5.73 Å². The van der Waals surface area contributed by atoms with Crippen molar-refractivity contribution in [3.63, 3.8) is 0 Å². The van der Waals surface area contributed by atoms with E-state index in [9.17, 15) is 9.65 Å². The number of nitriles is 1. The molecule has 0 atom stereocenters. The molecule has 96 valence electrons. The van der Waals surface area contributed by atoms with E-state index in [4.69, 9.17) is 5.73 Å². The lowest BCUT2D eigenvalue weighted by molar-refractivity contribution is 0.628. The fourth-order valence-electron chi connectivity index (χ4n) is 2.24. The Kier molecular flexibility index (Phi) is 3.48. The molecule has 0 aliphatic heterocycles. The predicted octanol–water partition coefficient (Wildman–Crippen LogP) is 3.21. The molecule has 3 nitrogen and oxygen atoms in total. The van der Waals surface area contributed by atoms with E-state index >= 15 is 0 Å². The van der Waals surface area contributed by atoms with Gasteiger partial charge >= 0.3 is 0 Å². The third kappa shape index (κ3) is 2.27. The molecule has 1 aromatic carbocycles. The molecule has 0 unspecified atom stereocenters. The van der Waals surface area contributed by atoms with Crippen LogP contribution >= 0.6 is 0 Å². The van der Waals surface area contributed by atoms with Crippen LogP contribution in [0, 0.1) is 24.1 Å². The van der Waals surface area contributed by atoms with Crippen LogP contribution in [0.2, 0.25) is 0 Å². The highest BCUT2D eigenvalue weighted by Crippen LogP contribution is 2.32. The van der Waals surface area contributed by atoms with Crippen molar-refractivity contribution in [3.8, 4) is 17.2 Å². The number of halogens is 1. The smallest absolute Gasteiger partial charge is 0.142 e. The average Bonchev–Trinajstić information content (AvgIpc) is 2.39.